The van der Waals surface area contributed by atoms with Crippen LogP contribution in [0.5, 0.6) is 0 Å². The van der Waals surface area contributed by atoms with Gasteiger partial charge in [-0.25, -0.2) is 4.57 Å². The molecule has 0 fully saturated rings. The maximum atomic E-state index is 12.7. The summed E-state index contributed by atoms with van der Waals surface area (Å²) in [5, 5.41) is 0. The number of ether oxygens (including phenoxy) is 2. The Bertz CT molecular complexity index is 1640. The number of esters is 2. The monoisotopic (exact) mass is 1060 g/mol. The Kier molecular flexibility index (Phi) is 56.8. The van der Waals surface area contributed by atoms with Gasteiger partial charge < -0.3 is 20.1 Å². The van der Waals surface area contributed by atoms with E-state index in [4.69, 9.17) is 24.3 Å². The first-order chi connectivity index (χ1) is 36.8. The van der Waals surface area contributed by atoms with Crippen LogP contribution in [0, 0.1) is 0 Å². The number of phosphoric acid groups is 1. The van der Waals surface area contributed by atoms with Crippen LogP contribution in [-0.2, 0) is 32.7 Å². The van der Waals surface area contributed by atoms with Crippen molar-refractivity contribution in [2.75, 3.05) is 26.4 Å². The molecule has 0 heterocycles. The van der Waals surface area contributed by atoms with Gasteiger partial charge in [-0.15, -0.1) is 0 Å². The summed E-state index contributed by atoms with van der Waals surface area (Å²) in [6.45, 7) is 3.51. The minimum atomic E-state index is -4.40. The lowest BCUT2D eigenvalue weighted by Gasteiger charge is -2.19. The largest absolute Gasteiger partial charge is 0.472 e. The fraction of sp³-hybridized carbons (Fsp3) is 0.662. The second-order valence-corrected chi connectivity index (χ2v) is 20.9. The summed E-state index contributed by atoms with van der Waals surface area (Å²) in [5.41, 5.74) is 5.38. The highest BCUT2D eigenvalue weighted by atomic mass is 31.2. The third-order valence-corrected chi connectivity index (χ3v) is 13.3. The number of hydrogen-bond acceptors (Lipinski definition) is 8. The highest BCUT2D eigenvalue weighted by Gasteiger charge is 2.26. The van der Waals surface area contributed by atoms with Crippen LogP contribution in [0.4, 0.5) is 0 Å². The number of carbonyl (C=O) groups is 2. The first-order valence-corrected chi connectivity index (χ1v) is 31.5. The van der Waals surface area contributed by atoms with Crippen LogP contribution in [0.3, 0.4) is 0 Å². The van der Waals surface area contributed by atoms with Gasteiger partial charge in [-0.05, 0) is 103 Å². The third-order valence-electron chi connectivity index (χ3n) is 12.3. The van der Waals surface area contributed by atoms with E-state index in [1.54, 1.807) is 0 Å². The summed E-state index contributed by atoms with van der Waals surface area (Å²) in [5.74, 6) is -0.840. The van der Waals surface area contributed by atoms with Crippen LogP contribution in [0.1, 0.15) is 245 Å². The first kappa shape index (κ1) is 71.4. The Balaban J connectivity index is 3.97. The average molecular weight is 1060 g/mol. The predicted octanol–water partition coefficient (Wildman–Crippen LogP) is 19.2. The van der Waals surface area contributed by atoms with Gasteiger partial charge in [0.1, 0.15) is 6.61 Å². The molecule has 9 nitrogen and oxygen atoms in total. The van der Waals surface area contributed by atoms with Gasteiger partial charge in [0, 0.05) is 19.4 Å². The summed E-state index contributed by atoms with van der Waals surface area (Å²) in [6.07, 6.45) is 82.5. The fourth-order valence-electron chi connectivity index (χ4n) is 7.98. The molecule has 2 unspecified atom stereocenters. The summed E-state index contributed by atoms with van der Waals surface area (Å²) >= 11 is 0. The van der Waals surface area contributed by atoms with Crippen molar-refractivity contribution in [1.82, 2.24) is 0 Å². The quantitative estimate of drug-likeness (QED) is 0.0264. The molecule has 0 aliphatic carbocycles. The molecule has 0 radical (unpaired) electrons. The molecule has 10 heteroatoms. The van der Waals surface area contributed by atoms with Crippen molar-refractivity contribution < 1.29 is 37.6 Å². The highest BCUT2D eigenvalue weighted by molar-refractivity contribution is 7.47. The smallest absolute Gasteiger partial charge is 0.462 e. The molecule has 0 aromatic rings. The van der Waals surface area contributed by atoms with Crippen LogP contribution >= 0.6 is 7.82 Å². The van der Waals surface area contributed by atoms with E-state index in [1.165, 1.54) is 96.3 Å². The Morgan fingerprint density at radius 2 is 0.693 bits per heavy atom. The van der Waals surface area contributed by atoms with E-state index in [0.29, 0.717) is 6.42 Å². The summed E-state index contributed by atoms with van der Waals surface area (Å²) in [7, 11) is -4.40. The minimum Gasteiger partial charge on any atom is -0.462 e. The molecule has 0 saturated heterocycles. The zero-order chi connectivity index (χ0) is 54.5. The number of rotatable bonds is 55. The second-order valence-electron chi connectivity index (χ2n) is 19.5. The molecule has 0 aliphatic heterocycles. The summed E-state index contributed by atoms with van der Waals surface area (Å²) in [4.78, 5) is 35.2. The van der Waals surface area contributed by atoms with E-state index in [0.717, 1.165) is 116 Å². The Morgan fingerprint density at radius 1 is 0.400 bits per heavy atom. The van der Waals surface area contributed by atoms with Crippen molar-refractivity contribution in [3.63, 3.8) is 0 Å². The molecule has 3 N–H and O–H groups in total. The highest BCUT2D eigenvalue weighted by Crippen LogP contribution is 2.43. The van der Waals surface area contributed by atoms with Crippen LogP contribution in [0.25, 0.3) is 0 Å². The lowest BCUT2D eigenvalue weighted by Crippen LogP contribution is -2.29. The van der Waals surface area contributed by atoms with Crippen molar-refractivity contribution in [1.29, 1.82) is 0 Å². The number of phosphoric ester groups is 1. The van der Waals surface area contributed by atoms with Crippen molar-refractivity contribution in [3.05, 3.63) is 122 Å². The maximum Gasteiger partial charge on any atom is 0.472 e. The van der Waals surface area contributed by atoms with E-state index in [9.17, 15) is 19.0 Å². The third kappa shape index (κ3) is 59.5. The van der Waals surface area contributed by atoms with Gasteiger partial charge in [0.2, 0.25) is 0 Å². The lowest BCUT2D eigenvalue weighted by atomic mass is 10.0. The van der Waals surface area contributed by atoms with Crippen molar-refractivity contribution in [2.24, 2.45) is 5.73 Å². The molecule has 0 rings (SSSR count). The molecule has 0 amide bonds. The zero-order valence-electron chi connectivity index (χ0n) is 47.7. The normalized spacial score (nSPS) is 13.9. The first-order valence-electron chi connectivity index (χ1n) is 30.0. The Morgan fingerprint density at radius 3 is 1.03 bits per heavy atom. The van der Waals surface area contributed by atoms with Gasteiger partial charge in [-0.3, -0.25) is 18.6 Å². The van der Waals surface area contributed by atoms with Gasteiger partial charge in [-0.2, -0.15) is 0 Å². The van der Waals surface area contributed by atoms with Gasteiger partial charge in [0.25, 0.3) is 0 Å². The molecule has 0 bridgehead atoms. The molecule has 0 saturated carbocycles. The van der Waals surface area contributed by atoms with E-state index in [-0.39, 0.29) is 32.6 Å². The van der Waals surface area contributed by atoms with Crippen LogP contribution in [-0.4, -0.2) is 49.3 Å². The SMILES string of the molecule is CC/C=C\C/C=C\C/C=C\C/C=C\C/C=C\C/C=C\CCCCCCCCCCCCCCCCC(=O)OC(COC(=O)CCCCCCCCCC/C=C\C/C=C\C/C=C\C/C=C\CC)COP(=O)(O)OCCN. The van der Waals surface area contributed by atoms with Crippen molar-refractivity contribution >= 4 is 19.8 Å². The second kappa shape index (κ2) is 59.7. The van der Waals surface area contributed by atoms with E-state index < -0.39 is 32.5 Å². The van der Waals surface area contributed by atoms with Crippen LogP contribution in [0.15, 0.2) is 122 Å². The molecule has 0 spiro atoms. The number of allylic oxidation sites excluding steroid dienone is 20. The molecule has 428 valence electrons. The topological polar surface area (TPSA) is 134 Å². The zero-order valence-corrected chi connectivity index (χ0v) is 48.6. The maximum absolute atomic E-state index is 12.7. The molecular formula is C65H110NO8P. The van der Waals surface area contributed by atoms with Crippen molar-refractivity contribution in [3.8, 4) is 0 Å². The summed E-state index contributed by atoms with van der Waals surface area (Å²) < 4.78 is 33.1. The van der Waals surface area contributed by atoms with Crippen LogP contribution in [0.2, 0.25) is 0 Å². The molecule has 0 aliphatic rings. The average Bonchev–Trinajstić information content (AvgIpc) is 3.40. The number of unbranched alkanes of at least 4 members (excludes halogenated alkanes) is 22. The van der Waals surface area contributed by atoms with Crippen molar-refractivity contribution in [2.45, 2.75) is 251 Å². The lowest BCUT2D eigenvalue weighted by molar-refractivity contribution is -0.161. The number of carbonyl (C=O) groups excluding carboxylic acids is 2. The van der Waals surface area contributed by atoms with Crippen LogP contribution < -0.4 is 5.73 Å². The molecule has 0 aromatic heterocycles. The van der Waals surface area contributed by atoms with Gasteiger partial charge in [0.15, 0.2) is 6.10 Å². The van der Waals surface area contributed by atoms with Gasteiger partial charge in [0.05, 0.1) is 13.2 Å². The minimum absolute atomic E-state index is 0.0469. The Labute approximate surface area is 460 Å². The van der Waals surface area contributed by atoms with E-state index >= 15 is 0 Å². The molecule has 0 aromatic carbocycles. The fourth-order valence-corrected chi connectivity index (χ4v) is 8.75. The standard InChI is InChI=1S/C65H110NO8P/c1-3-5-7-9-11-13-15-17-19-21-23-25-26-27-28-29-30-31-32-33-34-35-36-38-40-42-44-46-48-50-52-54-56-58-65(68)74-63(62-73-75(69,70)72-60-59-66)61-71-64(67)57-55-53-51-49-47-45-43-41-39-37-24-22-20-18-16-14-12-10-8-6-4-2/h5-8,11-14,17-20,23-25,27-28,30-31,37,63H,3-4,9-10,15-16,21-22,26,29,32-36,38-62,66H2,1-2H3,(H,69,70)/b7-5-,8-6-,13-11-,14-12-,19-17-,20-18-,25-23-,28-27-,31-30-,37-24-. The van der Waals surface area contributed by atoms with Gasteiger partial charge in [-0.1, -0.05) is 251 Å². The van der Waals surface area contributed by atoms with E-state index in [1.807, 2.05) is 0 Å². The molecule has 2 atom stereocenters. The van der Waals surface area contributed by atoms with Gasteiger partial charge >= 0.3 is 19.8 Å². The number of hydrogen-bond donors (Lipinski definition) is 2. The number of nitrogens with two attached hydrogens (primary N) is 1. The molecular weight excluding hydrogens is 954 g/mol. The Hall–Kier alpha value is -3.59. The van der Waals surface area contributed by atoms with E-state index in [2.05, 4.69) is 135 Å². The molecule has 75 heavy (non-hydrogen) atoms. The summed E-state index contributed by atoms with van der Waals surface area (Å²) in [6, 6.07) is 0. The predicted molar refractivity (Wildman–Crippen MR) is 321 cm³/mol.